The van der Waals surface area contributed by atoms with Gasteiger partial charge >= 0.3 is 0 Å². The molecule has 0 atom stereocenters. The van der Waals surface area contributed by atoms with Crippen LogP contribution in [0.5, 0.6) is 0 Å². The summed E-state index contributed by atoms with van der Waals surface area (Å²) >= 11 is 0.216. The summed E-state index contributed by atoms with van der Waals surface area (Å²) in [7, 11) is 0. The predicted molar refractivity (Wildman–Crippen MR) is 33.5 cm³/mol. The molecule has 0 amide bonds. The van der Waals surface area contributed by atoms with Crippen molar-refractivity contribution in [3.05, 3.63) is 0 Å². The highest BCUT2D eigenvalue weighted by molar-refractivity contribution is 7.54. The fourth-order valence-electron chi connectivity index (χ4n) is 0.328. The average molecular weight is 134 g/mol. The van der Waals surface area contributed by atoms with E-state index in [2.05, 4.69) is 16.8 Å². The van der Waals surface area contributed by atoms with Gasteiger partial charge in [-0.3, -0.25) is 0 Å². The summed E-state index contributed by atoms with van der Waals surface area (Å²) in [5.74, 6) is 0. The Hall–Kier alpha value is -0.220. The first-order chi connectivity index (χ1) is 3.91. The lowest BCUT2D eigenvalue weighted by molar-refractivity contribution is 0.663. The molecule has 8 heavy (non-hydrogen) atoms. The van der Waals surface area contributed by atoms with Crippen molar-refractivity contribution in [1.29, 1.82) is 0 Å². The molecule has 0 aliphatic rings. The molecule has 0 bridgehead atoms. The number of hydrogen-bond acceptors (Lipinski definition) is 2. The van der Waals surface area contributed by atoms with Crippen LogP contribution in [-0.4, -0.2) is 10.8 Å². The normalized spacial score (nSPS) is 8.62. The second kappa shape index (κ2) is 6.78. The predicted octanol–water partition coefficient (Wildman–Crippen LogP) is 0.688. The molecule has 0 aliphatic heterocycles. The number of unbranched alkanes of at least 4 members (excludes halogenated alkanes) is 1. The van der Waals surface area contributed by atoms with Gasteiger partial charge in [-0.05, 0) is 6.42 Å². The minimum absolute atomic E-state index is 0.216. The summed E-state index contributed by atoms with van der Waals surface area (Å²) < 4.78 is 12.9. The topological polar surface area (TPSA) is 41.5 Å². The highest BCUT2D eigenvalue weighted by Gasteiger charge is 1.77. The molecule has 0 aromatic rings. The molecule has 1 N–H and O–H groups in total. The standard InChI is InChI=1S/C4H10N2OS/c1-2-3-4-5-6-8-7/h5H,2-4H2,1H3. The van der Waals surface area contributed by atoms with E-state index in [-0.39, 0.29) is 11.5 Å². The van der Waals surface area contributed by atoms with Gasteiger partial charge in [0.15, 0.2) is 0 Å². The molecule has 0 saturated carbocycles. The Balaban J connectivity index is 2.82. The molecule has 0 aromatic heterocycles. The van der Waals surface area contributed by atoms with Crippen LogP contribution in [0, 0.1) is 0 Å². The first kappa shape index (κ1) is 7.78. The lowest BCUT2D eigenvalue weighted by atomic mass is 10.3. The molecule has 3 nitrogen and oxygen atoms in total. The third-order valence-electron chi connectivity index (χ3n) is 0.744. The van der Waals surface area contributed by atoms with Crippen molar-refractivity contribution >= 4 is 11.5 Å². The van der Waals surface area contributed by atoms with Crippen molar-refractivity contribution in [3.8, 4) is 0 Å². The average Bonchev–Trinajstić information content (AvgIpc) is 1.81. The maximum absolute atomic E-state index is 9.58. The summed E-state index contributed by atoms with van der Waals surface area (Å²) in [4.78, 5) is 0. The number of rotatable bonds is 4. The van der Waals surface area contributed by atoms with Crippen LogP contribution in [-0.2, 0) is 11.5 Å². The largest absolute Gasteiger partial charge is 0.217 e. The highest BCUT2D eigenvalue weighted by atomic mass is 32.1. The van der Waals surface area contributed by atoms with Crippen LogP contribution in [0.2, 0.25) is 0 Å². The van der Waals surface area contributed by atoms with E-state index in [1.807, 2.05) is 0 Å². The quantitative estimate of drug-likeness (QED) is 0.454. The van der Waals surface area contributed by atoms with E-state index in [9.17, 15) is 4.21 Å². The monoisotopic (exact) mass is 134 g/mol. The van der Waals surface area contributed by atoms with E-state index < -0.39 is 0 Å². The van der Waals surface area contributed by atoms with Crippen LogP contribution in [0.15, 0.2) is 4.47 Å². The van der Waals surface area contributed by atoms with Crippen LogP contribution >= 0.6 is 0 Å². The molecule has 0 saturated heterocycles. The summed E-state index contributed by atoms with van der Waals surface area (Å²) in [6.45, 7) is 2.90. The molecule has 0 aliphatic carbocycles. The van der Waals surface area contributed by atoms with Gasteiger partial charge in [0.05, 0.1) is 0 Å². The molecule has 0 rings (SSSR count). The van der Waals surface area contributed by atoms with Gasteiger partial charge in [0.1, 0.15) is 0 Å². The first-order valence-corrected chi connectivity index (χ1v) is 3.33. The summed E-state index contributed by atoms with van der Waals surface area (Å²) in [6, 6.07) is 0. The highest BCUT2D eigenvalue weighted by Crippen LogP contribution is 1.80. The third-order valence-corrected chi connectivity index (χ3v) is 0.948. The Morgan fingerprint density at radius 2 is 2.50 bits per heavy atom. The number of nitrogens with zero attached hydrogens (tertiary/aromatic N) is 1. The molecule has 0 unspecified atom stereocenters. The van der Waals surface area contributed by atoms with Gasteiger partial charge in [-0.2, -0.15) is 4.21 Å². The Kier molecular flexibility index (Phi) is 6.59. The smallest absolute Gasteiger partial charge is 0.200 e. The molecular formula is C4H10N2OS. The maximum Gasteiger partial charge on any atom is 0.217 e. The molecular weight excluding hydrogens is 124 g/mol. The van der Waals surface area contributed by atoms with Crippen LogP contribution in [0.4, 0.5) is 0 Å². The SMILES string of the molecule is CCCCNN=S=O. The van der Waals surface area contributed by atoms with Crippen molar-refractivity contribution in [3.63, 3.8) is 0 Å². The molecule has 0 radical (unpaired) electrons. The maximum atomic E-state index is 9.58. The lowest BCUT2D eigenvalue weighted by Crippen LogP contribution is -2.04. The third kappa shape index (κ3) is 5.78. The van der Waals surface area contributed by atoms with E-state index in [0.29, 0.717) is 0 Å². The van der Waals surface area contributed by atoms with Crippen molar-refractivity contribution in [2.24, 2.45) is 4.47 Å². The van der Waals surface area contributed by atoms with Crippen molar-refractivity contribution in [2.45, 2.75) is 19.8 Å². The zero-order chi connectivity index (χ0) is 6.24. The number of hydrogen-bond donors (Lipinski definition) is 1. The van der Waals surface area contributed by atoms with E-state index >= 15 is 0 Å². The number of nitrogens with one attached hydrogen (secondary N) is 1. The van der Waals surface area contributed by atoms with Crippen LogP contribution in [0.3, 0.4) is 0 Å². The Morgan fingerprint density at radius 1 is 1.75 bits per heavy atom. The van der Waals surface area contributed by atoms with Gasteiger partial charge in [-0.25, -0.2) is 5.43 Å². The van der Waals surface area contributed by atoms with Gasteiger partial charge in [0, 0.05) is 6.54 Å². The van der Waals surface area contributed by atoms with E-state index in [1.54, 1.807) is 0 Å². The van der Waals surface area contributed by atoms with Crippen LogP contribution < -0.4 is 5.43 Å². The fourth-order valence-corrected chi connectivity index (χ4v) is 0.472. The van der Waals surface area contributed by atoms with Gasteiger partial charge in [-0.15, -0.1) is 4.47 Å². The molecule has 0 aromatic carbocycles. The molecule has 4 heteroatoms. The van der Waals surface area contributed by atoms with Crippen molar-refractivity contribution in [2.75, 3.05) is 6.54 Å². The van der Waals surface area contributed by atoms with E-state index in [4.69, 9.17) is 0 Å². The van der Waals surface area contributed by atoms with E-state index in [0.717, 1.165) is 19.4 Å². The van der Waals surface area contributed by atoms with Crippen LogP contribution in [0.1, 0.15) is 19.8 Å². The zero-order valence-electron chi connectivity index (χ0n) is 4.89. The van der Waals surface area contributed by atoms with Crippen LogP contribution in [0.25, 0.3) is 0 Å². The van der Waals surface area contributed by atoms with Gasteiger partial charge < -0.3 is 0 Å². The second-order valence-electron chi connectivity index (χ2n) is 1.43. The second-order valence-corrected chi connectivity index (χ2v) is 1.76. The van der Waals surface area contributed by atoms with Gasteiger partial charge in [0.25, 0.3) is 0 Å². The van der Waals surface area contributed by atoms with Gasteiger partial charge in [0.2, 0.25) is 11.5 Å². The molecule has 0 spiro atoms. The Morgan fingerprint density at radius 3 is 3.00 bits per heavy atom. The molecule has 0 fully saturated rings. The summed E-state index contributed by atoms with van der Waals surface area (Å²) in [6.07, 6.45) is 2.20. The lowest BCUT2D eigenvalue weighted by Gasteiger charge is -1.89. The fraction of sp³-hybridized carbons (Fsp3) is 1.00. The minimum atomic E-state index is 0.216. The summed E-state index contributed by atoms with van der Waals surface area (Å²) in [5, 5.41) is 0. The first-order valence-electron chi connectivity index (χ1n) is 2.63. The Bertz CT molecular complexity index is 90.0. The summed E-state index contributed by atoms with van der Waals surface area (Å²) in [5.41, 5.74) is 2.61. The molecule has 0 heterocycles. The minimum Gasteiger partial charge on any atom is -0.200 e. The van der Waals surface area contributed by atoms with Gasteiger partial charge in [-0.1, -0.05) is 13.3 Å². The Labute approximate surface area is 52.7 Å². The van der Waals surface area contributed by atoms with Crippen molar-refractivity contribution in [1.82, 2.24) is 5.43 Å². The van der Waals surface area contributed by atoms with E-state index in [1.165, 1.54) is 0 Å². The molecule has 48 valence electrons. The zero-order valence-corrected chi connectivity index (χ0v) is 5.70. The van der Waals surface area contributed by atoms with Crippen molar-refractivity contribution < 1.29 is 4.21 Å².